The molecule has 0 amide bonds. The van der Waals surface area contributed by atoms with E-state index in [4.69, 9.17) is 4.74 Å². The van der Waals surface area contributed by atoms with E-state index in [1.807, 2.05) is 12.1 Å². The van der Waals surface area contributed by atoms with Crippen LogP contribution in [0.5, 0.6) is 0 Å². The molecule has 0 bridgehead atoms. The number of rotatable bonds is 2. The van der Waals surface area contributed by atoms with E-state index in [0.29, 0.717) is 0 Å². The quantitative estimate of drug-likeness (QED) is 0.668. The Hall–Kier alpha value is -1.76. The van der Waals surface area contributed by atoms with Crippen molar-refractivity contribution in [2.75, 3.05) is 7.11 Å². The van der Waals surface area contributed by atoms with Crippen LogP contribution >= 0.6 is 0 Å². The molecule has 2 rings (SSSR count). The topological polar surface area (TPSA) is 9.23 Å². The van der Waals surface area contributed by atoms with E-state index in [2.05, 4.69) is 37.8 Å². The molecule has 0 fully saturated rings. The van der Waals surface area contributed by atoms with Crippen molar-refractivity contribution in [3.8, 4) is 11.1 Å². The molecule has 0 unspecified atom stereocenters. The summed E-state index contributed by atoms with van der Waals surface area (Å²) in [7, 11) is 1.65. The number of hydrogen-bond acceptors (Lipinski definition) is 1. The van der Waals surface area contributed by atoms with Gasteiger partial charge >= 0.3 is 0 Å². The Morgan fingerprint density at radius 2 is 1.93 bits per heavy atom. The van der Waals surface area contributed by atoms with Crippen LogP contribution in [0.2, 0.25) is 0 Å². The van der Waals surface area contributed by atoms with Crippen LogP contribution in [-0.4, -0.2) is 7.11 Å². The number of ether oxygens (including phenoxy) is 1. The summed E-state index contributed by atoms with van der Waals surface area (Å²) in [5.74, 6) is 0.728. The summed E-state index contributed by atoms with van der Waals surface area (Å²) in [6.07, 6.45) is 0. The van der Waals surface area contributed by atoms with Crippen LogP contribution in [0.15, 0.2) is 43.0 Å². The average Bonchev–Trinajstić information content (AvgIpc) is 2.44. The van der Waals surface area contributed by atoms with Crippen LogP contribution in [-0.2, 0) is 4.74 Å². The first-order valence-electron chi connectivity index (χ1n) is 4.95. The first-order chi connectivity index (χ1) is 7.24. The van der Waals surface area contributed by atoms with Gasteiger partial charge in [0.25, 0.3) is 0 Å². The minimum Gasteiger partial charge on any atom is -0.497 e. The Labute approximate surface area is 90.4 Å². The molecule has 0 aromatic heterocycles. The van der Waals surface area contributed by atoms with Gasteiger partial charge in [0, 0.05) is 5.56 Å². The van der Waals surface area contributed by atoms with Crippen LogP contribution in [0.3, 0.4) is 0 Å². The van der Waals surface area contributed by atoms with Crippen molar-refractivity contribution in [3.63, 3.8) is 0 Å². The molecule has 0 saturated carbocycles. The third-order valence-corrected chi connectivity index (χ3v) is 2.73. The molecule has 0 saturated heterocycles. The monoisotopic (exact) mass is 198 g/mol. The molecule has 0 aliphatic heterocycles. The Morgan fingerprint density at radius 3 is 2.67 bits per heavy atom. The van der Waals surface area contributed by atoms with Gasteiger partial charge in [-0.25, -0.2) is 0 Å². The van der Waals surface area contributed by atoms with E-state index in [-0.39, 0.29) is 0 Å². The Kier molecular flexibility index (Phi) is 2.46. The first kappa shape index (κ1) is 9.78. The maximum atomic E-state index is 5.18. The predicted molar refractivity (Wildman–Crippen MR) is 63.8 cm³/mol. The number of hydrogen-bond donors (Lipinski definition) is 0. The summed E-state index contributed by atoms with van der Waals surface area (Å²) in [6, 6.07) is 12.5. The fourth-order valence-corrected chi connectivity index (χ4v) is 1.84. The maximum absolute atomic E-state index is 5.18. The van der Waals surface area contributed by atoms with Gasteiger partial charge in [-0.1, -0.05) is 36.9 Å². The van der Waals surface area contributed by atoms with E-state index in [9.17, 15) is 0 Å². The Bertz CT molecular complexity index is 471. The van der Waals surface area contributed by atoms with Gasteiger partial charge in [0.1, 0.15) is 5.76 Å². The predicted octanol–water partition coefficient (Wildman–Crippen LogP) is 3.72. The Balaban J connectivity index is 2.65. The molecule has 0 atom stereocenters. The summed E-state index contributed by atoms with van der Waals surface area (Å²) in [4.78, 5) is 0. The van der Waals surface area contributed by atoms with Crippen LogP contribution in [0.1, 0.15) is 11.1 Å². The van der Waals surface area contributed by atoms with Crippen molar-refractivity contribution in [1.82, 2.24) is 0 Å². The zero-order valence-corrected chi connectivity index (χ0v) is 9.08. The molecule has 0 radical (unpaired) electrons. The van der Waals surface area contributed by atoms with Gasteiger partial charge in [-0.2, -0.15) is 0 Å². The Morgan fingerprint density at radius 1 is 1.20 bits per heavy atom. The molecule has 0 aromatic rings. The summed E-state index contributed by atoms with van der Waals surface area (Å²) in [6.45, 7) is 5.99. The molecule has 2 aliphatic rings. The smallest absolute Gasteiger partial charge is 0.119 e. The van der Waals surface area contributed by atoms with E-state index in [0.717, 1.165) is 11.3 Å². The highest BCUT2D eigenvalue weighted by molar-refractivity contribution is 5.80. The average molecular weight is 198 g/mol. The maximum Gasteiger partial charge on any atom is 0.119 e. The summed E-state index contributed by atoms with van der Waals surface area (Å²) in [5.41, 5.74) is 4.81. The lowest BCUT2D eigenvalue weighted by molar-refractivity contribution is 0.371. The molecule has 2 aliphatic carbocycles. The highest BCUT2D eigenvalue weighted by Gasteiger charge is 2.13. The van der Waals surface area contributed by atoms with Crippen LogP contribution in [0.25, 0.3) is 16.9 Å². The van der Waals surface area contributed by atoms with Crippen molar-refractivity contribution in [2.45, 2.75) is 6.92 Å². The van der Waals surface area contributed by atoms with E-state index in [1.54, 1.807) is 7.11 Å². The van der Waals surface area contributed by atoms with Crippen LogP contribution in [0, 0.1) is 6.92 Å². The molecule has 1 heteroatoms. The van der Waals surface area contributed by atoms with E-state index < -0.39 is 0 Å². The minimum atomic E-state index is 0.728. The van der Waals surface area contributed by atoms with Gasteiger partial charge in [0.2, 0.25) is 0 Å². The lowest BCUT2D eigenvalue weighted by atomic mass is 10.1. The second-order valence-electron chi connectivity index (χ2n) is 3.59. The molecular weight excluding hydrogens is 184 g/mol. The second kappa shape index (κ2) is 3.77. The molecule has 0 N–H and O–H groups in total. The second-order valence-corrected chi connectivity index (χ2v) is 3.59. The van der Waals surface area contributed by atoms with Crippen molar-refractivity contribution < 1.29 is 4.74 Å². The lowest BCUT2D eigenvalue weighted by Crippen LogP contribution is -1.84. The zero-order chi connectivity index (χ0) is 10.8. The van der Waals surface area contributed by atoms with Crippen molar-refractivity contribution >= 4 is 5.76 Å². The molecule has 0 spiro atoms. The molecule has 1 nitrogen and oxygen atoms in total. The molecule has 76 valence electrons. The number of methoxy groups -OCH3 is 1. The van der Waals surface area contributed by atoms with Gasteiger partial charge < -0.3 is 4.74 Å². The van der Waals surface area contributed by atoms with Crippen molar-refractivity contribution in [2.24, 2.45) is 0 Å². The largest absolute Gasteiger partial charge is 0.497 e. The fourth-order valence-electron chi connectivity index (χ4n) is 1.84. The van der Waals surface area contributed by atoms with Gasteiger partial charge in [0.05, 0.1) is 7.11 Å². The van der Waals surface area contributed by atoms with E-state index in [1.165, 1.54) is 16.7 Å². The van der Waals surface area contributed by atoms with Gasteiger partial charge in [-0.3, -0.25) is 0 Å². The van der Waals surface area contributed by atoms with E-state index >= 15 is 0 Å². The lowest BCUT2D eigenvalue weighted by Gasteiger charge is -2.02. The highest BCUT2D eigenvalue weighted by atomic mass is 16.5. The molecule has 0 aromatic carbocycles. The minimum absolute atomic E-state index is 0.728. The molecular formula is C14H14O. The highest BCUT2D eigenvalue weighted by Crippen LogP contribution is 2.33. The van der Waals surface area contributed by atoms with Gasteiger partial charge in [-0.15, -0.1) is 0 Å². The third-order valence-electron chi connectivity index (χ3n) is 2.73. The SMILES string of the molecule is C=C(OC)c1cc2cccccc-2c1C. The number of fused-ring (bicyclic) bond motifs is 1. The van der Waals surface area contributed by atoms with Gasteiger partial charge in [0.15, 0.2) is 0 Å². The summed E-state index contributed by atoms with van der Waals surface area (Å²) in [5, 5.41) is 0. The summed E-state index contributed by atoms with van der Waals surface area (Å²) < 4.78 is 5.18. The van der Waals surface area contributed by atoms with Gasteiger partial charge in [-0.05, 0) is 29.7 Å². The van der Waals surface area contributed by atoms with Crippen molar-refractivity contribution in [1.29, 1.82) is 0 Å². The molecule has 0 heterocycles. The third kappa shape index (κ3) is 1.61. The zero-order valence-electron chi connectivity index (χ0n) is 9.08. The van der Waals surface area contributed by atoms with Crippen LogP contribution in [0.4, 0.5) is 0 Å². The summed E-state index contributed by atoms with van der Waals surface area (Å²) >= 11 is 0. The van der Waals surface area contributed by atoms with Crippen molar-refractivity contribution in [3.05, 3.63) is 54.1 Å². The molecule has 15 heavy (non-hydrogen) atoms. The first-order valence-corrected chi connectivity index (χ1v) is 4.95. The standard InChI is InChI=1S/C14H14O/c1-10-13-8-6-4-5-7-12(13)9-14(10)11(2)15-3/h4-9H,2H2,1,3H3. The fraction of sp³-hybridized carbons (Fsp3) is 0.143. The van der Waals surface area contributed by atoms with Crippen LogP contribution < -0.4 is 0 Å². The normalized spacial score (nSPS) is 10.3.